The fourth-order valence-corrected chi connectivity index (χ4v) is 2.02. The monoisotopic (exact) mass is 329 g/mol. The first-order valence-corrected chi connectivity index (χ1v) is 7.32. The smallest absolute Gasteiger partial charge is 0.335 e. The number of halogens is 1. The fraction of sp³-hybridized carbons (Fsp3) is 0.118. The summed E-state index contributed by atoms with van der Waals surface area (Å²) in [4.78, 5) is 10.9. The fourth-order valence-electron chi connectivity index (χ4n) is 1.83. The molecule has 5 nitrogen and oxygen atoms in total. The van der Waals surface area contributed by atoms with Crippen molar-refractivity contribution in [1.82, 2.24) is 15.0 Å². The number of carboxylic acids is 1. The zero-order valence-electron chi connectivity index (χ0n) is 12.8. The highest BCUT2D eigenvalue weighted by Gasteiger charge is 2.06. The normalized spacial score (nSPS) is 12.8. The van der Waals surface area contributed by atoms with Gasteiger partial charge in [-0.15, -0.1) is 5.10 Å². The van der Waals surface area contributed by atoms with E-state index < -0.39 is 5.97 Å². The molecule has 23 heavy (non-hydrogen) atoms. The van der Waals surface area contributed by atoms with Crippen LogP contribution in [0.15, 0.2) is 59.8 Å². The third kappa shape index (κ3) is 4.40. The zero-order chi connectivity index (χ0) is 16.8. The molecular formula is C17H16ClN3O2. The Kier molecular flexibility index (Phi) is 5.49. The van der Waals surface area contributed by atoms with E-state index in [0.29, 0.717) is 10.7 Å². The molecule has 0 aliphatic rings. The van der Waals surface area contributed by atoms with Crippen LogP contribution in [-0.2, 0) is 0 Å². The number of rotatable bonds is 5. The Morgan fingerprint density at radius 3 is 2.57 bits per heavy atom. The molecule has 0 radical (unpaired) electrons. The maximum atomic E-state index is 10.9. The molecular weight excluding hydrogens is 314 g/mol. The van der Waals surface area contributed by atoms with Crippen LogP contribution in [0.4, 0.5) is 0 Å². The average Bonchev–Trinajstić information content (AvgIpc) is 3.03. The Labute approximate surface area is 139 Å². The van der Waals surface area contributed by atoms with Crippen LogP contribution in [0.1, 0.15) is 29.9 Å². The quantitative estimate of drug-likeness (QED) is 0.840. The van der Waals surface area contributed by atoms with Crippen LogP contribution in [0, 0.1) is 0 Å². The van der Waals surface area contributed by atoms with E-state index in [1.54, 1.807) is 35.2 Å². The van der Waals surface area contributed by atoms with Gasteiger partial charge in [0, 0.05) is 5.03 Å². The van der Waals surface area contributed by atoms with Gasteiger partial charge in [-0.05, 0) is 55.8 Å². The maximum Gasteiger partial charge on any atom is 0.335 e. The minimum absolute atomic E-state index is 0.230. The van der Waals surface area contributed by atoms with Crippen molar-refractivity contribution in [3.63, 3.8) is 0 Å². The molecule has 1 aromatic carbocycles. The van der Waals surface area contributed by atoms with Crippen molar-refractivity contribution in [1.29, 1.82) is 0 Å². The predicted molar refractivity (Wildman–Crippen MR) is 90.7 cm³/mol. The zero-order valence-corrected chi connectivity index (χ0v) is 13.5. The van der Waals surface area contributed by atoms with Crippen molar-refractivity contribution in [2.45, 2.75) is 13.8 Å². The van der Waals surface area contributed by atoms with Gasteiger partial charge in [0.15, 0.2) is 0 Å². The summed E-state index contributed by atoms with van der Waals surface area (Å²) in [6.07, 6.45) is 9.09. The SMILES string of the molecule is C\C=C/C(Cl)=C\C=C(/C)c1cn(-c2ccc(C(=O)O)cc2)nn1. The second-order valence-corrected chi connectivity index (χ2v) is 5.24. The van der Waals surface area contributed by atoms with Gasteiger partial charge in [0.25, 0.3) is 0 Å². The first kappa shape index (κ1) is 16.7. The van der Waals surface area contributed by atoms with Gasteiger partial charge in [0.05, 0.1) is 17.4 Å². The summed E-state index contributed by atoms with van der Waals surface area (Å²) < 4.78 is 1.59. The second kappa shape index (κ2) is 7.56. The van der Waals surface area contributed by atoms with Crippen molar-refractivity contribution in [2.24, 2.45) is 0 Å². The number of hydrogen-bond donors (Lipinski definition) is 1. The van der Waals surface area contributed by atoms with E-state index in [0.717, 1.165) is 11.3 Å². The Bertz CT molecular complexity index is 786. The molecule has 2 aromatic rings. The maximum absolute atomic E-state index is 10.9. The molecule has 0 atom stereocenters. The number of allylic oxidation sites excluding steroid dienone is 6. The van der Waals surface area contributed by atoms with Crippen molar-refractivity contribution in [3.05, 3.63) is 71.1 Å². The largest absolute Gasteiger partial charge is 0.478 e. The summed E-state index contributed by atoms with van der Waals surface area (Å²) in [6, 6.07) is 6.43. The molecule has 0 amide bonds. The highest BCUT2D eigenvalue weighted by atomic mass is 35.5. The Hall–Kier alpha value is -2.66. The molecule has 0 unspecified atom stereocenters. The lowest BCUT2D eigenvalue weighted by molar-refractivity contribution is 0.0697. The van der Waals surface area contributed by atoms with E-state index in [9.17, 15) is 4.79 Å². The summed E-state index contributed by atoms with van der Waals surface area (Å²) in [6.45, 7) is 3.81. The van der Waals surface area contributed by atoms with Crippen molar-refractivity contribution >= 4 is 23.1 Å². The lowest BCUT2D eigenvalue weighted by atomic mass is 10.2. The minimum atomic E-state index is -0.959. The van der Waals surface area contributed by atoms with E-state index in [1.165, 1.54) is 12.1 Å². The average molecular weight is 330 g/mol. The van der Waals surface area contributed by atoms with Gasteiger partial charge in [-0.2, -0.15) is 0 Å². The number of nitrogens with zero attached hydrogens (tertiary/aromatic N) is 3. The van der Waals surface area contributed by atoms with E-state index in [2.05, 4.69) is 10.3 Å². The third-order valence-electron chi connectivity index (χ3n) is 3.09. The highest BCUT2D eigenvalue weighted by molar-refractivity contribution is 6.31. The van der Waals surface area contributed by atoms with Gasteiger partial charge in [-0.3, -0.25) is 0 Å². The molecule has 0 aliphatic carbocycles. The van der Waals surface area contributed by atoms with Crippen LogP contribution in [0.25, 0.3) is 11.3 Å². The number of aromatic carboxylic acids is 1. The van der Waals surface area contributed by atoms with Crippen LogP contribution in [0.2, 0.25) is 0 Å². The topological polar surface area (TPSA) is 68.0 Å². The lowest BCUT2D eigenvalue weighted by Crippen LogP contribution is -1.98. The first-order valence-electron chi connectivity index (χ1n) is 6.94. The first-order chi connectivity index (χ1) is 11.0. The number of carbonyl (C=O) groups is 1. The molecule has 1 N–H and O–H groups in total. The van der Waals surface area contributed by atoms with E-state index in [4.69, 9.17) is 16.7 Å². The van der Waals surface area contributed by atoms with Crippen molar-refractivity contribution < 1.29 is 9.90 Å². The molecule has 1 heterocycles. The van der Waals surface area contributed by atoms with E-state index in [1.807, 2.05) is 26.0 Å². The molecule has 2 rings (SSSR count). The molecule has 0 bridgehead atoms. The van der Waals surface area contributed by atoms with Gasteiger partial charge in [-0.1, -0.05) is 29.0 Å². The third-order valence-corrected chi connectivity index (χ3v) is 3.35. The van der Waals surface area contributed by atoms with Crippen LogP contribution >= 0.6 is 11.6 Å². The van der Waals surface area contributed by atoms with E-state index in [-0.39, 0.29) is 5.56 Å². The standard InChI is InChI=1S/C17H16ClN3O2/c1-3-4-14(18)8-5-12(2)16-11-21(20-19-16)15-9-6-13(7-10-15)17(22)23/h3-11H,1-2H3,(H,22,23)/b4-3-,12-5+,14-8+. The van der Waals surface area contributed by atoms with Gasteiger partial charge in [0.2, 0.25) is 0 Å². The van der Waals surface area contributed by atoms with Gasteiger partial charge < -0.3 is 5.11 Å². The summed E-state index contributed by atoms with van der Waals surface area (Å²) in [5.41, 5.74) is 2.60. The number of hydrogen-bond acceptors (Lipinski definition) is 3. The van der Waals surface area contributed by atoms with Gasteiger partial charge in [0.1, 0.15) is 5.69 Å². The van der Waals surface area contributed by atoms with Gasteiger partial charge in [-0.25, -0.2) is 9.48 Å². The van der Waals surface area contributed by atoms with Crippen molar-refractivity contribution in [3.8, 4) is 5.69 Å². The molecule has 0 saturated heterocycles. The minimum Gasteiger partial charge on any atom is -0.478 e. The molecule has 118 valence electrons. The number of carboxylic acid groups (broad SMARTS) is 1. The molecule has 0 saturated carbocycles. The van der Waals surface area contributed by atoms with E-state index >= 15 is 0 Å². The molecule has 1 aromatic heterocycles. The molecule has 0 aliphatic heterocycles. The Morgan fingerprint density at radius 1 is 1.26 bits per heavy atom. The van der Waals surface area contributed by atoms with Crippen LogP contribution in [-0.4, -0.2) is 26.1 Å². The Morgan fingerprint density at radius 2 is 1.96 bits per heavy atom. The Balaban J connectivity index is 2.21. The number of benzene rings is 1. The van der Waals surface area contributed by atoms with Crippen LogP contribution in [0.3, 0.4) is 0 Å². The summed E-state index contributed by atoms with van der Waals surface area (Å²) in [5.74, 6) is -0.959. The lowest BCUT2D eigenvalue weighted by Gasteiger charge is -2.00. The summed E-state index contributed by atoms with van der Waals surface area (Å²) in [7, 11) is 0. The van der Waals surface area contributed by atoms with Gasteiger partial charge >= 0.3 is 5.97 Å². The number of aromatic nitrogens is 3. The van der Waals surface area contributed by atoms with Crippen molar-refractivity contribution in [2.75, 3.05) is 0 Å². The van der Waals surface area contributed by atoms with Crippen LogP contribution in [0.5, 0.6) is 0 Å². The molecule has 0 fully saturated rings. The predicted octanol–water partition coefficient (Wildman–Crippen LogP) is 4.07. The highest BCUT2D eigenvalue weighted by Crippen LogP contribution is 2.15. The summed E-state index contributed by atoms with van der Waals surface area (Å²) in [5, 5.41) is 17.7. The summed E-state index contributed by atoms with van der Waals surface area (Å²) >= 11 is 5.99. The molecule has 0 spiro atoms. The molecule has 6 heteroatoms. The van der Waals surface area contributed by atoms with Crippen LogP contribution < -0.4 is 0 Å². The second-order valence-electron chi connectivity index (χ2n) is 4.80.